The number of ether oxygens (including phenoxy) is 1. The lowest BCUT2D eigenvalue weighted by Gasteiger charge is -2.22. The molecule has 0 amide bonds. The maximum absolute atomic E-state index is 12.1. The molecule has 2 heterocycles. The fourth-order valence-electron chi connectivity index (χ4n) is 2.03. The van der Waals surface area contributed by atoms with Crippen LogP contribution in [0.4, 0.5) is 0 Å². The Morgan fingerprint density at radius 1 is 1.11 bits per heavy atom. The van der Waals surface area contributed by atoms with Gasteiger partial charge in [0, 0.05) is 0 Å². The molecule has 1 fully saturated rings. The van der Waals surface area contributed by atoms with E-state index >= 15 is 0 Å². The van der Waals surface area contributed by atoms with E-state index in [1.165, 1.54) is 6.42 Å². The standard InChI is InChI=1S/C15H14O2S2/c16-14-12(15-18-9-4-10-19-15)7-8-13(17-14)11-5-2-1-3-6-11/h1-3,5-8,13H,4,9-10H2. The first-order valence-corrected chi connectivity index (χ1v) is 8.26. The first kappa shape index (κ1) is 12.9. The average Bonchev–Trinajstić information content (AvgIpc) is 2.49. The molecule has 2 aliphatic heterocycles. The lowest BCUT2D eigenvalue weighted by atomic mass is 10.1. The number of thioether (sulfide) groups is 2. The van der Waals surface area contributed by atoms with Crippen molar-refractivity contribution in [2.75, 3.05) is 11.5 Å². The van der Waals surface area contributed by atoms with Crippen LogP contribution in [0.15, 0.2) is 52.3 Å². The monoisotopic (exact) mass is 290 g/mol. The summed E-state index contributed by atoms with van der Waals surface area (Å²) in [7, 11) is 0. The Labute approximate surface area is 121 Å². The molecule has 2 nitrogen and oxygen atoms in total. The van der Waals surface area contributed by atoms with Gasteiger partial charge < -0.3 is 4.74 Å². The van der Waals surface area contributed by atoms with E-state index in [1.807, 2.05) is 42.5 Å². The Kier molecular flexibility index (Phi) is 3.99. The molecule has 0 bridgehead atoms. The highest BCUT2D eigenvalue weighted by molar-refractivity contribution is 8.22. The first-order valence-electron chi connectivity index (χ1n) is 6.28. The second kappa shape index (κ2) is 5.88. The summed E-state index contributed by atoms with van der Waals surface area (Å²) in [6.07, 6.45) is 4.84. The third-order valence-electron chi connectivity index (χ3n) is 2.99. The number of esters is 1. The quantitative estimate of drug-likeness (QED) is 0.578. The zero-order chi connectivity index (χ0) is 13.1. The summed E-state index contributed by atoms with van der Waals surface area (Å²) < 4.78 is 6.64. The predicted molar refractivity (Wildman–Crippen MR) is 81.0 cm³/mol. The molecule has 4 heteroatoms. The van der Waals surface area contributed by atoms with Crippen LogP contribution in [0.3, 0.4) is 0 Å². The SMILES string of the molecule is O=C1OC(c2ccccc2)C=CC1=C1SCCCS1. The maximum atomic E-state index is 12.1. The maximum Gasteiger partial charge on any atom is 0.340 e. The van der Waals surface area contributed by atoms with Gasteiger partial charge in [-0.25, -0.2) is 4.79 Å². The summed E-state index contributed by atoms with van der Waals surface area (Å²) in [6, 6.07) is 9.82. The molecule has 1 aromatic rings. The molecule has 0 aromatic heterocycles. The number of hydrogen-bond donors (Lipinski definition) is 0. The van der Waals surface area contributed by atoms with Crippen LogP contribution < -0.4 is 0 Å². The van der Waals surface area contributed by atoms with Gasteiger partial charge in [0.25, 0.3) is 0 Å². The zero-order valence-corrected chi connectivity index (χ0v) is 12.0. The molecule has 1 aromatic carbocycles. The molecular weight excluding hydrogens is 276 g/mol. The second-order valence-corrected chi connectivity index (χ2v) is 6.82. The molecule has 1 atom stereocenters. The highest BCUT2D eigenvalue weighted by atomic mass is 32.2. The van der Waals surface area contributed by atoms with Gasteiger partial charge in [0.1, 0.15) is 6.10 Å². The molecule has 0 aliphatic carbocycles. The number of cyclic esters (lactones) is 1. The van der Waals surface area contributed by atoms with Crippen LogP contribution in [0.25, 0.3) is 0 Å². The van der Waals surface area contributed by atoms with Crippen molar-refractivity contribution in [2.45, 2.75) is 12.5 Å². The predicted octanol–water partition coefficient (Wildman–Crippen LogP) is 3.92. The van der Waals surface area contributed by atoms with Crippen LogP contribution in [-0.2, 0) is 9.53 Å². The number of carbonyl (C=O) groups excluding carboxylic acids is 1. The van der Waals surface area contributed by atoms with Gasteiger partial charge in [0.05, 0.1) is 9.81 Å². The Bertz CT molecular complexity index is 526. The summed E-state index contributed by atoms with van der Waals surface area (Å²) in [5, 5.41) is 0. The number of benzene rings is 1. The van der Waals surface area contributed by atoms with Gasteiger partial charge in [-0.15, -0.1) is 23.5 Å². The Hall–Kier alpha value is -1.13. The Balaban J connectivity index is 1.84. The zero-order valence-electron chi connectivity index (χ0n) is 10.4. The van der Waals surface area contributed by atoms with Crippen LogP contribution >= 0.6 is 23.5 Å². The number of rotatable bonds is 1. The molecule has 0 N–H and O–H groups in total. The van der Waals surface area contributed by atoms with E-state index in [-0.39, 0.29) is 12.1 Å². The van der Waals surface area contributed by atoms with Crippen LogP contribution in [0.5, 0.6) is 0 Å². The minimum Gasteiger partial charge on any atom is -0.450 e. The van der Waals surface area contributed by atoms with Crippen LogP contribution in [0, 0.1) is 0 Å². The van der Waals surface area contributed by atoms with E-state index in [1.54, 1.807) is 23.5 Å². The summed E-state index contributed by atoms with van der Waals surface area (Å²) in [5.41, 5.74) is 1.74. The molecule has 98 valence electrons. The van der Waals surface area contributed by atoms with Crippen LogP contribution in [0.2, 0.25) is 0 Å². The lowest BCUT2D eigenvalue weighted by Crippen LogP contribution is -2.16. The third kappa shape index (κ3) is 2.90. The molecule has 0 spiro atoms. The van der Waals surface area contributed by atoms with Gasteiger partial charge in [-0.2, -0.15) is 0 Å². The van der Waals surface area contributed by atoms with Crippen molar-refractivity contribution in [3.05, 3.63) is 57.9 Å². The average molecular weight is 290 g/mol. The summed E-state index contributed by atoms with van der Waals surface area (Å²) in [4.78, 5) is 12.1. The van der Waals surface area contributed by atoms with Crippen molar-refractivity contribution in [1.82, 2.24) is 0 Å². The fourth-order valence-corrected chi connectivity index (χ4v) is 4.61. The van der Waals surface area contributed by atoms with Gasteiger partial charge >= 0.3 is 5.97 Å². The number of hydrogen-bond acceptors (Lipinski definition) is 4. The van der Waals surface area contributed by atoms with Crippen molar-refractivity contribution in [3.63, 3.8) is 0 Å². The first-order chi connectivity index (χ1) is 9.34. The van der Waals surface area contributed by atoms with E-state index in [0.29, 0.717) is 0 Å². The molecule has 2 aliphatic rings. The molecule has 0 radical (unpaired) electrons. The smallest absolute Gasteiger partial charge is 0.340 e. The van der Waals surface area contributed by atoms with Crippen molar-refractivity contribution >= 4 is 29.5 Å². The number of carbonyl (C=O) groups is 1. The molecule has 3 rings (SSSR count). The summed E-state index contributed by atoms with van der Waals surface area (Å²) in [6.45, 7) is 0. The molecule has 0 saturated carbocycles. The van der Waals surface area contributed by atoms with E-state index in [0.717, 1.165) is 26.9 Å². The van der Waals surface area contributed by atoms with E-state index in [4.69, 9.17) is 4.74 Å². The van der Waals surface area contributed by atoms with Gasteiger partial charge in [-0.05, 0) is 35.6 Å². The van der Waals surface area contributed by atoms with Crippen molar-refractivity contribution in [1.29, 1.82) is 0 Å². The molecule has 1 saturated heterocycles. The highest BCUT2D eigenvalue weighted by Gasteiger charge is 2.25. The van der Waals surface area contributed by atoms with Crippen molar-refractivity contribution < 1.29 is 9.53 Å². The highest BCUT2D eigenvalue weighted by Crippen LogP contribution is 2.39. The van der Waals surface area contributed by atoms with E-state index in [9.17, 15) is 4.79 Å². The van der Waals surface area contributed by atoms with Gasteiger partial charge in [-0.3, -0.25) is 0 Å². The minimum atomic E-state index is -0.253. The Morgan fingerprint density at radius 3 is 2.53 bits per heavy atom. The van der Waals surface area contributed by atoms with E-state index in [2.05, 4.69) is 0 Å². The molecule has 19 heavy (non-hydrogen) atoms. The van der Waals surface area contributed by atoms with Crippen LogP contribution in [-0.4, -0.2) is 17.5 Å². The summed E-state index contributed by atoms with van der Waals surface area (Å²) >= 11 is 3.52. The van der Waals surface area contributed by atoms with Gasteiger partial charge in [-0.1, -0.05) is 30.3 Å². The Morgan fingerprint density at radius 2 is 1.84 bits per heavy atom. The minimum absolute atomic E-state index is 0.201. The normalized spacial score (nSPS) is 23.4. The fraction of sp³-hybridized carbons (Fsp3) is 0.267. The second-order valence-electron chi connectivity index (χ2n) is 4.35. The largest absolute Gasteiger partial charge is 0.450 e. The lowest BCUT2D eigenvalue weighted by molar-refractivity contribution is -0.142. The van der Waals surface area contributed by atoms with Crippen molar-refractivity contribution in [2.24, 2.45) is 0 Å². The third-order valence-corrected chi connectivity index (χ3v) is 5.65. The molecule has 1 unspecified atom stereocenters. The summed E-state index contributed by atoms with van der Waals surface area (Å²) in [5.74, 6) is 1.98. The van der Waals surface area contributed by atoms with Gasteiger partial charge in [0.2, 0.25) is 0 Å². The van der Waals surface area contributed by atoms with E-state index < -0.39 is 0 Å². The molecular formula is C15H14O2S2. The van der Waals surface area contributed by atoms with Crippen LogP contribution in [0.1, 0.15) is 18.1 Å². The van der Waals surface area contributed by atoms with Gasteiger partial charge in [0.15, 0.2) is 0 Å². The van der Waals surface area contributed by atoms with Crippen molar-refractivity contribution in [3.8, 4) is 0 Å². The topological polar surface area (TPSA) is 26.3 Å².